The molecule has 8 heteroatoms. The topological polar surface area (TPSA) is 123 Å². The number of amides is 1. The predicted molar refractivity (Wildman–Crippen MR) is 73.8 cm³/mol. The largest absolute Gasteiger partial charge is 0.478 e. The van der Waals surface area contributed by atoms with E-state index in [4.69, 9.17) is 5.11 Å². The molecule has 21 heavy (non-hydrogen) atoms. The molecule has 0 spiro atoms. The molecule has 2 rings (SSSR count). The summed E-state index contributed by atoms with van der Waals surface area (Å²) in [5, 5.41) is 9.10. The van der Waals surface area contributed by atoms with E-state index < -0.39 is 23.1 Å². The van der Waals surface area contributed by atoms with E-state index in [1.807, 2.05) is 4.98 Å². The summed E-state index contributed by atoms with van der Waals surface area (Å²) in [7, 11) is 1.35. The molecule has 8 nitrogen and oxygen atoms in total. The summed E-state index contributed by atoms with van der Waals surface area (Å²) in [6.45, 7) is 0. The van der Waals surface area contributed by atoms with Gasteiger partial charge in [-0.2, -0.15) is 0 Å². The number of hydrogen-bond acceptors (Lipinski definition) is 4. The summed E-state index contributed by atoms with van der Waals surface area (Å²) in [6.07, 6.45) is 0. The number of nitrogens with zero attached hydrogens (tertiary/aromatic N) is 1. The first-order valence-corrected chi connectivity index (χ1v) is 5.84. The maximum Gasteiger partial charge on any atom is 0.337 e. The van der Waals surface area contributed by atoms with Gasteiger partial charge in [0.2, 0.25) is 0 Å². The molecule has 0 atom stereocenters. The van der Waals surface area contributed by atoms with Crippen molar-refractivity contribution >= 4 is 17.6 Å². The fourth-order valence-electron chi connectivity index (χ4n) is 1.82. The molecule has 1 aromatic carbocycles. The number of para-hydroxylation sites is 1. The van der Waals surface area contributed by atoms with Gasteiger partial charge in [-0.05, 0) is 12.1 Å². The number of carbonyl (C=O) groups is 2. The number of aromatic nitrogens is 2. The molecule has 2 aromatic rings. The van der Waals surface area contributed by atoms with E-state index in [9.17, 15) is 19.2 Å². The third-order valence-electron chi connectivity index (χ3n) is 2.79. The molecule has 0 fully saturated rings. The van der Waals surface area contributed by atoms with Crippen LogP contribution in [0.15, 0.2) is 39.9 Å². The summed E-state index contributed by atoms with van der Waals surface area (Å²) in [6, 6.07) is 6.84. The molecule has 0 aliphatic rings. The van der Waals surface area contributed by atoms with E-state index in [0.717, 1.165) is 11.0 Å². The Hall–Kier alpha value is -3.16. The molecule has 108 valence electrons. The highest BCUT2D eigenvalue weighted by atomic mass is 16.4. The smallest absolute Gasteiger partial charge is 0.337 e. The van der Waals surface area contributed by atoms with Crippen molar-refractivity contribution in [3.8, 4) is 0 Å². The average Bonchev–Trinajstić information content (AvgIpc) is 2.44. The van der Waals surface area contributed by atoms with E-state index in [-0.39, 0.29) is 16.9 Å². The zero-order valence-corrected chi connectivity index (χ0v) is 10.9. The monoisotopic (exact) mass is 289 g/mol. The fraction of sp³-hybridized carbons (Fsp3) is 0.0769. The Morgan fingerprint density at radius 3 is 2.43 bits per heavy atom. The Balaban J connectivity index is 2.47. The normalized spacial score (nSPS) is 10.1. The van der Waals surface area contributed by atoms with Crippen LogP contribution in [-0.4, -0.2) is 34.0 Å². The van der Waals surface area contributed by atoms with E-state index in [1.165, 1.54) is 25.2 Å². The van der Waals surface area contributed by atoms with Gasteiger partial charge in [-0.3, -0.25) is 14.6 Å². The number of carboxylic acid groups (broad SMARTS) is 1. The number of H-pyrrole nitrogens is 2. The molecule has 0 unspecified atom stereocenters. The lowest BCUT2D eigenvalue weighted by Crippen LogP contribution is -2.33. The van der Waals surface area contributed by atoms with Crippen molar-refractivity contribution < 1.29 is 14.7 Å². The predicted octanol–water partition coefficient (Wildman–Crippen LogP) is 0.0380. The van der Waals surface area contributed by atoms with Crippen molar-refractivity contribution in [1.82, 2.24) is 9.97 Å². The SMILES string of the molecule is CN(C(=O)c1cc(=O)[nH]c(=O)[nH]1)c1ccccc1C(=O)O. The van der Waals surface area contributed by atoms with E-state index in [1.54, 1.807) is 6.07 Å². The Morgan fingerprint density at radius 2 is 1.81 bits per heavy atom. The van der Waals surface area contributed by atoms with Crippen molar-refractivity contribution in [3.05, 3.63) is 62.4 Å². The van der Waals surface area contributed by atoms with Crippen LogP contribution in [0.4, 0.5) is 5.69 Å². The zero-order chi connectivity index (χ0) is 15.6. The molecule has 1 heterocycles. The number of aromatic amines is 2. The summed E-state index contributed by atoms with van der Waals surface area (Å²) in [4.78, 5) is 50.9. The van der Waals surface area contributed by atoms with E-state index in [0.29, 0.717) is 0 Å². The Bertz CT molecular complexity index is 793. The molecule has 0 aliphatic heterocycles. The van der Waals surface area contributed by atoms with Gasteiger partial charge in [0.15, 0.2) is 0 Å². The number of benzene rings is 1. The third-order valence-corrected chi connectivity index (χ3v) is 2.79. The zero-order valence-electron chi connectivity index (χ0n) is 10.9. The maximum atomic E-state index is 12.2. The Morgan fingerprint density at radius 1 is 1.14 bits per heavy atom. The van der Waals surface area contributed by atoms with E-state index >= 15 is 0 Å². The summed E-state index contributed by atoms with van der Waals surface area (Å²) < 4.78 is 0. The Kier molecular flexibility index (Phi) is 3.70. The van der Waals surface area contributed by atoms with Crippen LogP contribution in [0.1, 0.15) is 20.8 Å². The number of rotatable bonds is 3. The first-order valence-electron chi connectivity index (χ1n) is 5.84. The van der Waals surface area contributed by atoms with Gasteiger partial charge in [-0.25, -0.2) is 9.59 Å². The van der Waals surface area contributed by atoms with Crippen molar-refractivity contribution in [1.29, 1.82) is 0 Å². The van der Waals surface area contributed by atoms with Crippen molar-refractivity contribution in [2.75, 3.05) is 11.9 Å². The fourth-order valence-corrected chi connectivity index (χ4v) is 1.82. The van der Waals surface area contributed by atoms with Crippen LogP contribution in [0, 0.1) is 0 Å². The minimum absolute atomic E-state index is 0.0689. The molecule has 0 bridgehead atoms. The lowest BCUT2D eigenvalue weighted by molar-refractivity contribution is 0.0697. The van der Waals surface area contributed by atoms with Crippen LogP contribution in [0.2, 0.25) is 0 Å². The Labute approximate surface area is 117 Å². The van der Waals surface area contributed by atoms with Gasteiger partial charge in [0.25, 0.3) is 11.5 Å². The number of aromatic carboxylic acids is 1. The van der Waals surface area contributed by atoms with Gasteiger partial charge in [0, 0.05) is 13.1 Å². The quantitative estimate of drug-likeness (QED) is 0.736. The second-order valence-corrected chi connectivity index (χ2v) is 4.19. The van der Waals surface area contributed by atoms with Crippen molar-refractivity contribution in [3.63, 3.8) is 0 Å². The number of hydrogen-bond donors (Lipinski definition) is 3. The molecule has 3 N–H and O–H groups in total. The minimum Gasteiger partial charge on any atom is -0.478 e. The van der Waals surface area contributed by atoms with Crippen LogP contribution >= 0.6 is 0 Å². The van der Waals surface area contributed by atoms with Crippen molar-refractivity contribution in [2.24, 2.45) is 0 Å². The first kappa shape index (κ1) is 14.3. The van der Waals surface area contributed by atoms with Crippen LogP contribution in [-0.2, 0) is 0 Å². The van der Waals surface area contributed by atoms with E-state index in [2.05, 4.69) is 4.98 Å². The number of carbonyl (C=O) groups excluding carboxylic acids is 1. The lowest BCUT2D eigenvalue weighted by atomic mass is 10.1. The van der Waals surface area contributed by atoms with Gasteiger partial charge in [-0.1, -0.05) is 12.1 Å². The molecule has 0 saturated heterocycles. The lowest BCUT2D eigenvalue weighted by Gasteiger charge is -2.18. The standard InChI is InChI=1S/C13H11N3O5/c1-16(9-5-3-2-4-7(9)12(19)20)11(18)8-6-10(17)15-13(21)14-8/h2-6H,1H3,(H,19,20)(H2,14,15,17,21). The number of anilines is 1. The van der Waals surface area contributed by atoms with Crippen LogP contribution < -0.4 is 16.1 Å². The first-order chi connectivity index (χ1) is 9.90. The van der Waals surface area contributed by atoms with Crippen LogP contribution in [0.25, 0.3) is 0 Å². The van der Waals surface area contributed by atoms with Crippen LogP contribution in [0.5, 0.6) is 0 Å². The summed E-state index contributed by atoms with van der Waals surface area (Å²) >= 11 is 0. The third kappa shape index (κ3) is 2.89. The second kappa shape index (κ2) is 5.45. The van der Waals surface area contributed by atoms with Crippen molar-refractivity contribution in [2.45, 2.75) is 0 Å². The molecule has 1 aromatic heterocycles. The average molecular weight is 289 g/mol. The number of carboxylic acids is 1. The van der Waals surface area contributed by atoms with Gasteiger partial charge < -0.3 is 15.0 Å². The molecule has 0 radical (unpaired) electrons. The highest BCUT2D eigenvalue weighted by molar-refractivity contribution is 6.07. The van der Waals surface area contributed by atoms with Gasteiger partial charge >= 0.3 is 11.7 Å². The minimum atomic E-state index is -1.19. The second-order valence-electron chi connectivity index (χ2n) is 4.19. The molecule has 0 saturated carbocycles. The summed E-state index contributed by atoms with van der Waals surface area (Å²) in [5.41, 5.74) is -1.68. The molecule has 0 aliphatic carbocycles. The van der Waals surface area contributed by atoms with Gasteiger partial charge in [-0.15, -0.1) is 0 Å². The van der Waals surface area contributed by atoms with Gasteiger partial charge in [0.05, 0.1) is 11.3 Å². The molecular weight excluding hydrogens is 278 g/mol. The van der Waals surface area contributed by atoms with Gasteiger partial charge in [0.1, 0.15) is 5.69 Å². The molecule has 1 amide bonds. The molecular formula is C13H11N3O5. The number of nitrogens with one attached hydrogen (secondary N) is 2. The summed E-state index contributed by atoms with van der Waals surface area (Å²) in [5.74, 6) is -1.89. The highest BCUT2D eigenvalue weighted by Gasteiger charge is 2.20. The van der Waals surface area contributed by atoms with Crippen LogP contribution in [0.3, 0.4) is 0 Å². The maximum absolute atomic E-state index is 12.2. The highest BCUT2D eigenvalue weighted by Crippen LogP contribution is 2.20.